The molecule has 0 saturated heterocycles. The summed E-state index contributed by atoms with van der Waals surface area (Å²) < 4.78 is 1.35. The van der Waals surface area contributed by atoms with Gasteiger partial charge in [-0.15, -0.1) is 0 Å². The molecule has 0 aliphatic rings. The average molecular weight is 300 g/mol. The highest BCUT2D eigenvalue weighted by atomic mass is 35.5. The summed E-state index contributed by atoms with van der Waals surface area (Å²) in [4.78, 5) is 12.1. The van der Waals surface area contributed by atoms with Crippen molar-refractivity contribution in [2.75, 3.05) is 5.73 Å². The molecule has 4 nitrogen and oxygen atoms in total. The van der Waals surface area contributed by atoms with Crippen molar-refractivity contribution in [3.05, 3.63) is 44.3 Å². The van der Waals surface area contributed by atoms with Gasteiger partial charge in [0.1, 0.15) is 5.69 Å². The molecule has 6 heteroatoms. The van der Waals surface area contributed by atoms with Gasteiger partial charge in [-0.3, -0.25) is 9.89 Å². The molecule has 0 radical (unpaired) electrons. The smallest absolute Gasteiger partial charge is 0.294 e. The number of anilines is 1. The van der Waals surface area contributed by atoms with Crippen molar-refractivity contribution < 1.29 is 0 Å². The fraction of sp³-hybridized carbons (Fsp3) is 0.308. The van der Waals surface area contributed by atoms with Crippen LogP contribution in [0.2, 0.25) is 10.0 Å². The van der Waals surface area contributed by atoms with Gasteiger partial charge in [-0.2, -0.15) is 0 Å². The second-order valence-electron chi connectivity index (χ2n) is 4.84. The third-order valence-corrected chi connectivity index (χ3v) is 3.31. The number of benzene rings is 1. The molecule has 19 heavy (non-hydrogen) atoms. The molecule has 1 aromatic heterocycles. The van der Waals surface area contributed by atoms with E-state index >= 15 is 0 Å². The fourth-order valence-corrected chi connectivity index (χ4v) is 2.38. The van der Waals surface area contributed by atoms with Crippen LogP contribution in [-0.4, -0.2) is 9.78 Å². The average Bonchev–Trinajstić information content (AvgIpc) is 2.57. The Hall–Kier alpha value is -1.39. The third kappa shape index (κ3) is 2.80. The first-order chi connectivity index (χ1) is 8.90. The van der Waals surface area contributed by atoms with Gasteiger partial charge in [0, 0.05) is 5.02 Å². The second kappa shape index (κ2) is 5.31. The highest BCUT2D eigenvalue weighted by Gasteiger charge is 2.15. The Morgan fingerprint density at radius 3 is 2.63 bits per heavy atom. The van der Waals surface area contributed by atoms with Crippen LogP contribution in [-0.2, 0) is 6.42 Å². The first-order valence-corrected chi connectivity index (χ1v) is 6.70. The Bertz CT molecular complexity index is 658. The molecular weight excluding hydrogens is 285 g/mol. The monoisotopic (exact) mass is 299 g/mol. The number of hydrogen-bond donors (Lipinski definition) is 2. The highest BCUT2D eigenvalue weighted by Crippen LogP contribution is 2.24. The lowest BCUT2D eigenvalue weighted by Gasteiger charge is -2.05. The van der Waals surface area contributed by atoms with Crippen LogP contribution in [0.5, 0.6) is 0 Å². The molecule has 0 aliphatic carbocycles. The zero-order valence-corrected chi connectivity index (χ0v) is 12.2. The molecule has 0 spiro atoms. The Balaban J connectivity index is 2.54. The number of rotatable bonds is 3. The summed E-state index contributed by atoms with van der Waals surface area (Å²) in [6.45, 7) is 4.12. The molecule has 3 N–H and O–H groups in total. The van der Waals surface area contributed by atoms with Gasteiger partial charge in [0.25, 0.3) is 5.56 Å². The van der Waals surface area contributed by atoms with Crippen LogP contribution in [0.4, 0.5) is 5.69 Å². The standard InChI is InChI=1S/C13H15Cl2N3O/c1-7(2)5-10-12(16)13(19)18(17-10)11-4-3-8(14)6-9(11)15/h3-4,6-7,17H,5,16H2,1-2H3. The van der Waals surface area contributed by atoms with Crippen LogP contribution in [0, 0.1) is 5.92 Å². The number of H-pyrrole nitrogens is 1. The molecule has 0 bridgehead atoms. The van der Waals surface area contributed by atoms with E-state index < -0.39 is 0 Å². The lowest BCUT2D eigenvalue weighted by atomic mass is 10.1. The van der Waals surface area contributed by atoms with Gasteiger partial charge in [0.2, 0.25) is 0 Å². The Labute approximate surface area is 121 Å². The maximum atomic E-state index is 12.1. The summed E-state index contributed by atoms with van der Waals surface area (Å²) in [6.07, 6.45) is 0.708. The molecule has 0 atom stereocenters. The number of nitrogens with one attached hydrogen (secondary N) is 1. The van der Waals surface area contributed by atoms with Gasteiger partial charge < -0.3 is 5.73 Å². The number of nitrogens with two attached hydrogens (primary N) is 1. The van der Waals surface area contributed by atoms with Crippen molar-refractivity contribution >= 4 is 28.9 Å². The summed E-state index contributed by atoms with van der Waals surface area (Å²) in [5, 5.41) is 3.92. The summed E-state index contributed by atoms with van der Waals surface area (Å²) in [7, 11) is 0. The van der Waals surface area contributed by atoms with Gasteiger partial charge in [-0.25, -0.2) is 4.68 Å². The first-order valence-electron chi connectivity index (χ1n) is 5.95. The van der Waals surface area contributed by atoms with Crippen LogP contribution >= 0.6 is 23.2 Å². The van der Waals surface area contributed by atoms with Gasteiger partial charge >= 0.3 is 0 Å². The van der Waals surface area contributed by atoms with Crippen LogP contribution in [0.1, 0.15) is 19.5 Å². The minimum Gasteiger partial charge on any atom is -0.393 e. The van der Waals surface area contributed by atoms with Gasteiger partial charge in [0.15, 0.2) is 0 Å². The summed E-state index contributed by atoms with van der Waals surface area (Å²) in [5.74, 6) is 0.398. The van der Waals surface area contributed by atoms with Crippen molar-refractivity contribution in [1.82, 2.24) is 9.78 Å². The molecule has 2 rings (SSSR count). The first kappa shape index (κ1) is 14.0. The van der Waals surface area contributed by atoms with Crippen molar-refractivity contribution in [3.63, 3.8) is 0 Å². The van der Waals surface area contributed by atoms with Gasteiger partial charge in [-0.05, 0) is 30.5 Å². The van der Waals surface area contributed by atoms with E-state index in [1.165, 1.54) is 4.68 Å². The molecule has 0 amide bonds. The zero-order chi connectivity index (χ0) is 14.2. The molecule has 1 heterocycles. The van der Waals surface area contributed by atoms with Crippen LogP contribution < -0.4 is 11.3 Å². The predicted octanol–water partition coefficient (Wildman–Crippen LogP) is 3.25. The zero-order valence-electron chi connectivity index (χ0n) is 10.7. The summed E-state index contributed by atoms with van der Waals surface area (Å²) in [5.41, 5.74) is 7.05. The third-order valence-electron chi connectivity index (χ3n) is 2.77. The molecular formula is C13H15Cl2N3O. The fourth-order valence-electron chi connectivity index (χ4n) is 1.89. The Morgan fingerprint density at radius 1 is 1.37 bits per heavy atom. The lowest BCUT2D eigenvalue weighted by Crippen LogP contribution is -2.16. The SMILES string of the molecule is CC(C)Cc1[nH]n(-c2ccc(Cl)cc2Cl)c(=O)c1N. The van der Waals surface area contributed by atoms with Crippen molar-refractivity contribution in [2.24, 2.45) is 5.92 Å². The minimum atomic E-state index is -0.292. The maximum Gasteiger partial charge on any atom is 0.294 e. The van der Waals surface area contributed by atoms with Crippen LogP contribution in [0.25, 0.3) is 5.69 Å². The van der Waals surface area contributed by atoms with E-state index in [1.54, 1.807) is 18.2 Å². The minimum absolute atomic E-state index is 0.236. The Morgan fingerprint density at radius 2 is 2.05 bits per heavy atom. The van der Waals surface area contributed by atoms with Crippen molar-refractivity contribution in [1.29, 1.82) is 0 Å². The summed E-state index contributed by atoms with van der Waals surface area (Å²) in [6, 6.07) is 4.94. The van der Waals surface area contributed by atoms with E-state index in [9.17, 15) is 4.79 Å². The van der Waals surface area contributed by atoms with E-state index in [4.69, 9.17) is 28.9 Å². The molecule has 0 unspecified atom stereocenters. The number of aromatic amines is 1. The highest BCUT2D eigenvalue weighted by molar-refractivity contribution is 6.35. The van der Waals surface area contributed by atoms with Gasteiger partial charge in [0.05, 0.1) is 16.4 Å². The Kier molecular flexibility index (Phi) is 3.92. The van der Waals surface area contributed by atoms with E-state index in [0.717, 1.165) is 5.69 Å². The molecule has 102 valence electrons. The topological polar surface area (TPSA) is 63.8 Å². The van der Waals surface area contributed by atoms with Crippen molar-refractivity contribution in [2.45, 2.75) is 20.3 Å². The largest absolute Gasteiger partial charge is 0.393 e. The quantitative estimate of drug-likeness (QED) is 0.914. The summed E-state index contributed by atoms with van der Waals surface area (Å²) >= 11 is 11.9. The molecule has 0 aliphatic heterocycles. The normalized spacial score (nSPS) is 11.2. The lowest BCUT2D eigenvalue weighted by molar-refractivity contribution is 0.628. The maximum absolute atomic E-state index is 12.1. The molecule has 1 aromatic carbocycles. The molecule has 0 fully saturated rings. The van der Waals surface area contributed by atoms with E-state index in [2.05, 4.69) is 18.9 Å². The molecule has 0 saturated carbocycles. The number of nitrogens with zero attached hydrogens (tertiary/aromatic N) is 1. The number of halogens is 2. The van der Waals surface area contributed by atoms with E-state index in [1.807, 2.05) is 0 Å². The second-order valence-corrected chi connectivity index (χ2v) is 5.68. The number of nitrogen functional groups attached to an aromatic ring is 1. The number of aromatic nitrogens is 2. The molecule has 2 aromatic rings. The van der Waals surface area contributed by atoms with E-state index in [-0.39, 0.29) is 11.2 Å². The predicted molar refractivity (Wildman–Crippen MR) is 79.4 cm³/mol. The van der Waals surface area contributed by atoms with Crippen molar-refractivity contribution in [3.8, 4) is 5.69 Å². The van der Waals surface area contributed by atoms with Crippen LogP contribution in [0.15, 0.2) is 23.0 Å². The van der Waals surface area contributed by atoms with E-state index in [0.29, 0.717) is 28.1 Å². The number of hydrogen-bond acceptors (Lipinski definition) is 2. The van der Waals surface area contributed by atoms with Crippen LogP contribution in [0.3, 0.4) is 0 Å². The van der Waals surface area contributed by atoms with Gasteiger partial charge in [-0.1, -0.05) is 37.0 Å².